The zero-order valence-electron chi connectivity index (χ0n) is 8.35. The number of carbonyl (C=O) groups is 1. The lowest BCUT2D eigenvalue weighted by Crippen LogP contribution is -2.46. The van der Waals surface area contributed by atoms with E-state index in [0.717, 1.165) is 19.3 Å². The van der Waals surface area contributed by atoms with Gasteiger partial charge >= 0.3 is 0 Å². The van der Waals surface area contributed by atoms with Crippen molar-refractivity contribution in [2.75, 3.05) is 0 Å². The molecule has 1 rings (SSSR count). The SMILES string of the molecule is CC(C)C(F)(CC1CCC1)C(N)=O. The van der Waals surface area contributed by atoms with Gasteiger partial charge in [0.2, 0.25) is 0 Å². The largest absolute Gasteiger partial charge is 0.367 e. The number of primary amides is 1. The van der Waals surface area contributed by atoms with Crippen LogP contribution >= 0.6 is 0 Å². The maximum atomic E-state index is 14.0. The van der Waals surface area contributed by atoms with Gasteiger partial charge in [0.25, 0.3) is 5.91 Å². The average Bonchev–Trinajstić information content (AvgIpc) is 1.95. The van der Waals surface area contributed by atoms with Gasteiger partial charge in [-0.05, 0) is 18.3 Å². The Morgan fingerprint density at radius 3 is 2.38 bits per heavy atom. The third-order valence-electron chi connectivity index (χ3n) is 3.14. The maximum Gasteiger partial charge on any atom is 0.255 e. The fourth-order valence-electron chi connectivity index (χ4n) is 1.74. The Morgan fingerprint density at radius 1 is 1.62 bits per heavy atom. The number of halogens is 1. The summed E-state index contributed by atoms with van der Waals surface area (Å²) in [7, 11) is 0. The molecule has 76 valence electrons. The predicted octanol–water partition coefficient (Wildman–Crippen LogP) is 2.03. The number of nitrogens with two attached hydrogens (primary N) is 1. The number of hydrogen-bond donors (Lipinski definition) is 1. The first-order chi connectivity index (χ1) is 5.97. The van der Waals surface area contributed by atoms with Gasteiger partial charge < -0.3 is 5.73 Å². The van der Waals surface area contributed by atoms with Crippen molar-refractivity contribution in [2.45, 2.75) is 45.2 Å². The first kappa shape index (κ1) is 10.5. The van der Waals surface area contributed by atoms with Crippen LogP contribution in [0.15, 0.2) is 0 Å². The van der Waals surface area contributed by atoms with Crippen molar-refractivity contribution >= 4 is 5.91 Å². The molecule has 2 N–H and O–H groups in total. The van der Waals surface area contributed by atoms with Crippen molar-refractivity contribution in [3.8, 4) is 0 Å². The van der Waals surface area contributed by atoms with Crippen LogP contribution in [0.2, 0.25) is 0 Å². The van der Waals surface area contributed by atoms with E-state index in [0.29, 0.717) is 12.3 Å². The second kappa shape index (κ2) is 3.64. The molecule has 0 bridgehead atoms. The Bertz CT molecular complexity index is 201. The van der Waals surface area contributed by atoms with E-state index in [9.17, 15) is 9.18 Å². The molecule has 0 aromatic heterocycles. The Kier molecular flexibility index (Phi) is 2.94. The summed E-state index contributed by atoms with van der Waals surface area (Å²) < 4.78 is 14.0. The quantitative estimate of drug-likeness (QED) is 0.719. The molecular weight excluding hydrogens is 169 g/mol. The molecule has 0 spiro atoms. The standard InChI is InChI=1S/C10H18FNO/c1-7(2)10(11,9(12)13)6-8-4-3-5-8/h7-8H,3-6H2,1-2H3,(H2,12,13). The topological polar surface area (TPSA) is 43.1 Å². The zero-order valence-corrected chi connectivity index (χ0v) is 8.35. The minimum Gasteiger partial charge on any atom is -0.367 e. The molecule has 1 aliphatic carbocycles. The van der Waals surface area contributed by atoms with Gasteiger partial charge in [0.15, 0.2) is 5.67 Å². The number of carbonyl (C=O) groups excluding carboxylic acids is 1. The first-order valence-electron chi connectivity index (χ1n) is 4.95. The minimum atomic E-state index is -1.79. The van der Waals surface area contributed by atoms with Crippen molar-refractivity contribution in [2.24, 2.45) is 17.6 Å². The molecule has 1 fully saturated rings. The molecule has 1 saturated carbocycles. The maximum absolute atomic E-state index is 14.0. The third-order valence-corrected chi connectivity index (χ3v) is 3.14. The number of amides is 1. The van der Waals surface area contributed by atoms with E-state index in [4.69, 9.17) is 5.73 Å². The van der Waals surface area contributed by atoms with Crippen LogP contribution in [0.4, 0.5) is 4.39 Å². The molecule has 1 aliphatic rings. The fourth-order valence-corrected chi connectivity index (χ4v) is 1.74. The Morgan fingerprint density at radius 2 is 2.15 bits per heavy atom. The van der Waals surface area contributed by atoms with Gasteiger partial charge in [-0.2, -0.15) is 0 Å². The Labute approximate surface area is 78.7 Å². The molecule has 2 nitrogen and oxygen atoms in total. The van der Waals surface area contributed by atoms with Crippen molar-refractivity contribution in [1.29, 1.82) is 0 Å². The fraction of sp³-hybridized carbons (Fsp3) is 0.900. The van der Waals surface area contributed by atoms with Gasteiger partial charge in [-0.25, -0.2) is 4.39 Å². The van der Waals surface area contributed by atoms with Crippen LogP contribution in [0.25, 0.3) is 0 Å². The van der Waals surface area contributed by atoms with Crippen LogP contribution in [0.5, 0.6) is 0 Å². The summed E-state index contributed by atoms with van der Waals surface area (Å²) in [5.74, 6) is -0.736. The normalized spacial score (nSPS) is 22.5. The zero-order chi connectivity index (χ0) is 10.1. The summed E-state index contributed by atoms with van der Waals surface area (Å²) in [5.41, 5.74) is 3.30. The lowest BCUT2D eigenvalue weighted by atomic mass is 9.74. The lowest BCUT2D eigenvalue weighted by molar-refractivity contribution is -0.134. The second-order valence-corrected chi connectivity index (χ2v) is 4.38. The molecule has 1 amide bonds. The van der Waals surface area contributed by atoms with Crippen molar-refractivity contribution in [3.05, 3.63) is 0 Å². The molecule has 1 unspecified atom stereocenters. The van der Waals surface area contributed by atoms with Gasteiger partial charge in [-0.3, -0.25) is 4.79 Å². The summed E-state index contributed by atoms with van der Waals surface area (Å²) in [6.45, 7) is 3.42. The van der Waals surface area contributed by atoms with Crippen LogP contribution < -0.4 is 5.73 Å². The minimum absolute atomic E-state index is 0.314. The third kappa shape index (κ3) is 2.01. The molecule has 13 heavy (non-hydrogen) atoms. The summed E-state index contributed by atoms with van der Waals surface area (Å²) in [6.07, 6.45) is 3.58. The smallest absolute Gasteiger partial charge is 0.255 e. The predicted molar refractivity (Wildman–Crippen MR) is 49.8 cm³/mol. The van der Waals surface area contributed by atoms with E-state index < -0.39 is 11.6 Å². The molecule has 1 atom stereocenters. The van der Waals surface area contributed by atoms with Crippen molar-refractivity contribution in [3.63, 3.8) is 0 Å². The van der Waals surface area contributed by atoms with E-state index in [2.05, 4.69) is 0 Å². The molecule has 0 aliphatic heterocycles. The molecule has 0 radical (unpaired) electrons. The molecule has 0 aromatic carbocycles. The monoisotopic (exact) mass is 187 g/mol. The van der Waals surface area contributed by atoms with Gasteiger partial charge in [0.1, 0.15) is 0 Å². The highest BCUT2D eigenvalue weighted by Gasteiger charge is 2.43. The summed E-state index contributed by atoms with van der Waals surface area (Å²) >= 11 is 0. The number of hydrogen-bond acceptors (Lipinski definition) is 1. The van der Waals surface area contributed by atoms with Crippen LogP contribution in [0, 0.1) is 11.8 Å². The molecule has 3 heteroatoms. The highest BCUT2D eigenvalue weighted by atomic mass is 19.1. The Hall–Kier alpha value is -0.600. The Balaban J connectivity index is 2.60. The van der Waals surface area contributed by atoms with Crippen molar-refractivity contribution in [1.82, 2.24) is 0 Å². The van der Waals surface area contributed by atoms with Gasteiger partial charge in [-0.15, -0.1) is 0 Å². The summed E-state index contributed by atoms with van der Waals surface area (Å²) in [4.78, 5) is 11.0. The van der Waals surface area contributed by atoms with Crippen LogP contribution in [-0.2, 0) is 4.79 Å². The molecule has 0 saturated heterocycles. The average molecular weight is 187 g/mol. The molecular formula is C10H18FNO. The first-order valence-corrected chi connectivity index (χ1v) is 4.95. The van der Waals surface area contributed by atoms with Crippen LogP contribution in [0.3, 0.4) is 0 Å². The summed E-state index contributed by atoms with van der Waals surface area (Å²) in [6, 6.07) is 0. The van der Waals surface area contributed by atoms with E-state index in [1.54, 1.807) is 13.8 Å². The molecule has 0 heterocycles. The van der Waals surface area contributed by atoms with Gasteiger partial charge in [0, 0.05) is 0 Å². The van der Waals surface area contributed by atoms with E-state index >= 15 is 0 Å². The van der Waals surface area contributed by atoms with Crippen molar-refractivity contribution < 1.29 is 9.18 Å². The second-order valence-electron chi connectivity index (χ2n) is 4.38. The van der Waals surface area contributed by atoms with E-state index in [1.807, 2.05) is 0 Å². The van der Waals surface area contributed by atoms with Crippen LogP contribution in [-0.4, -0.2) is 11.6 Å². The molecule has 0 aromatic rings. The van der Waals surface area contributed by atoms with Gasteiger partial charge in [0.05, 0.1) is 0 Å². The van der Waals surface area contributed by atoms with Crippen LogP contribution in [0.1, 0.15) is 39.5 Å². The van der Waals surface area contributed by atoms with E-state index in [-0.39, 0.29) is 5.92 Å². The highest BCUT2D eigenvalue weighted by Crippen LogP contribution is 2.38. The highest BCUT2D eigenvalue weighted by molar-refractivity contribution is 5.83. The van der Waals surface area contributed by atoms with E-state index in [1.165, 1.54) is 0 Å². The summed E-state index contributed by atoms with van der Waals surface area (Å²) in [5, 5.41) is 0. The van der Waals surface area contributed by atoms with Gasteiger partial charge in [-0.1, -0.05) is 33.1 Å². The lowest BCUT2D eigenvalue weighted by Gasteiger charge is -2.34. The number of rotatable bonds is 4. The number of alkyl halides is 1.